The molecule has 2 saturated heterocycles. The van der Waals surface area contributed by atoms with E-state index in [1.54, 1.807) is 6.07 Å². The molecule has 1 unspecified atom stereocenters. The molecule has 1 aromatic heterocycles. The van der Waals surface area contributed by atoms with E-state index in [0.29, 0.717) is 12.3 Å². The number of hydrogen-bond donors (Lipinski definition) is 1. The largest absolute Gasteiger partial charge is 0.456 e. The van der Waals surface area contributed by atoms with Gasteiger partial charge in [0.1, 0.15) is 5.76 Å². The summed E-state index contributed by atoms with van der Waals surface area (Å²) in [7, 11) is 2.15. The number of hydrogen-bond acceptors (Lipinski definition) is 4. The molecule has 0 aliphatic carbocycles. The Hall–Kier alpha value is -1.82. The van der Waals surface area contributed by atoms with Crippen LogP contribution in [0.1, 0.15) is 55.8 Å². The summed E-state index contributed by atoms with van der Waals surface area (Å²) in [6.45, 7) is 8.97. The van der Waals surface area contributed by atoms with Crippen LogP contribution in [0.4, 0.5) is 0 Å². The van der Waals surface area contributed by atoms with E-state index in [-0.39, 0.29) is 29.2 Å². The molecule has 1 spiro atoms. The molecule has 0 aromatic carbocycles. The third-order valence-electron chi connectivity index (χ3n) is 6.35. The highest BCUT2D eigenvalue weighted by molar-refractivity contribution is 5.92. The Morgan fingerprint density at radius 3 is 2.52 bits per heavy atom. The zero-order valence-electron chi connectivity index (χ0n) is 17.1. The Morgan fingerprint density at radius 2 is 1.93 bits per heavy atom. The summed E-state index contributed by atoms with van der Waals surface area (Å²) in [5, 5.41) is 3.10. The first-order chi connectivity index (χ1) is 12.8. The van der Waals surface area contributed by atoms with Gasteiger partial charge >= 0.3 is 0 Å². The topological polar surface area (TPSA) is 65.8 Å². The zero-order chi connectivity index (χ0) is 19.6. The van der Waals surface area contributed by atoms with Gasteiger partial charge in [0, 0.05) is 19.0 Å². The lowest BCUT2D eigenvalue weighted by molar-refractivity contribution is -0.124. The molecule has 1 N–H and O–H groups in total. The predicted molar refractivity (Wildman–Crippen MR) is 105 cm³/mol. The van der Waals surface area contributed by atoms with E-state index in [1.807, 2.05) is 31.7 Å². The van der Waals surface area contributed by atoms with E-state index in [9.17, 15) is 9.59 Å². The van der Waals surface area contributed by atoms with Gasteiger partial charge < -0.3 is 19.5 Å². The van der Waals surface area contributed by atoms with E-state index in [0.717, 1.165) is 51.1 Å². The average molecular weight is 376 g/mol. The van der Waals surface area contributed by atoms with E-state index in [2.05, 4.69) is 17.3 Å². The first kappa shape index (κ1) is 19.9. The quantitative estimate of drug-likeness (QED) is 0.879. The lowest BCUT2D eigenvalue weighted by atomic mass is 9.66. The van der Waals surface area contributed by atoms with Gasteiger partial charge in [-0.15, -0.1) is 0 Å². The van der Waals surface area contributed by atoms with E-state index in [1.165, 1.54) is 0 Å². The zero-order valence-corrected chi connectivity index (χ0v) is 17.1. The van der Waals surface area contributed by atoms with Crippen LogP contribution in [0.15, 0.2) is 16.5 Å². The van der Waals surface area contributed by atoms with Crippen LogP contribution in [0, 0.1) is 18.3 Å². The molecule has 2 amide bonds. The molecule has 0 bridgehead atoms. The van der Waals surface area contributed by atoms with Crippen molar-refractivity contribution in [1.82, 2.24) is 15.1 Å². The predicted octanol–water partition coefficient (Wildman–Crippen LogP) is 2.68. The van der Waals surface area contributed by atoms with E-state index in [4.69, 9.17) is 4.42 Å². The van der Waals surface area contributed by atoms with Crippen molar-refractivity contribution in [3.8, 4) is 0 Å². The number of amides is 2. The fourth-order valence-corrected chi connectivity index (χ4v) is 4.56. The van der Waals surface area contributed by atoms with Crippen LogP contribution < -0.4 is 5.32 Å². The summed E-state index contributed by atoms with van der Waals surface area (Å²) < 4.78 is 5.62. The van der Waals surface area contributed by atoms with Gasteiger partial charge in [0.2, 0.25) is 5.91 Å². The third-order valence-corrected chi connectivity index (χ3v) is 6.35. The van der Waals surface area contributed by atoms with Crippen molar-refractivity contribution < 1.29 is 14.0 Å². The molecule has 2 fully saturated rings. The standard InChI is InChI=1S/C21H33N3O3/c1-15(2)19(25)22-14-18-21(9-12-23(4)13-10-21)8-5-11-24(18)20(26)17-7-6-16(3)27-17/h6-7,15,18H,5,8-14H2,1-4H3,(H,22,25). The summed E-state index contributed by atoms with van der Waals surface area (Å²) in [5.74, 6) is 1.08. The molecular weight excluding hydrogens is 342 g/mol. The van der Waals surface area contributed by atoms with Crippen LogP contribution in [0.25, 0.3) is 0 Å². The number of rotatable bonds is 4. The Kier molecular flexibility index (Phi) is 5.94. The normalized spacial score (nSPS) is 23.0. The maximum Gasteiger partial charge on any atom is 0.289 e. The van der Waals surface area contributed by atoms with Gasteiger partial charge in [0.15, 0.2) is 5.76 Å². The summed E-state index contributed by atoms with van der Waals surface area (Å²) in [5.41, 5.74) is 0.0757. The molecule has 6 nitrogen and oxygen atoms in total. The SMILES string of the molecule is Cc1ccc(C(=O)N2CCCC3(CCN(C)CC3)C2CNC(=O)C(C)C)o1. The minimum atomic E-state index is -0.0566. The lowest BCUT2D eigenvalue weighted by Gasteiger charge is -2.53. The summed E-state index contributed by atoms with van der Waals surface area (Å²) in [6, 6.07) is 3.61. The smallest absolute Gasteiger partial charge is 0.289 e. The number of carbonyl (C=O) groups is 2. The highest BCUT2D eigenvalue weighted by atomic mass is 16.3. The molecule has 3 rings (SSSR count). The number of likely N-dealkylation sites (tertiary alicyclic amines) is 2. The van der Waals surface area contributed by atoms with Crippen molar-refractivity contribution in [2.45, 2.75) is 52.5 Å². The lowest BCUT2D eigenvalue weighted by Crippen LogP contribution is -2.61. The van der Waals surface area contributed by atoms with Gasteiger partial charge in [-0.05, 0) is 70.3 Å². The molecule has 0 radical (unpaired) electrons. The van der Waals surface area contributed by atoms with E-state index >= 15 is 0 Å². The van der Waals surface area contributed by atoms with Crippen LogP contribution in [0.3, 0.4) is 0 Å². The van der Waals surface area contributed by atoms with Crippen molar-refractivity contribution in [1.29, 1.82) is 0 Å². The fourth-order valence-electron chi connectivity index (χ4n) is 4.56. The second-order valence-corrected chi connectivity index (χ2v) is 8.59. The molecule has 2 aliphatic heterocycles. The molecule has 1 atom stereocenters. The van der Waals surface area contributed by atoms with Crippen LogP contribution >= 0.6 is 0 Å². The molecule has 6 heteroatoms. The summed E-state index contributed by atoms with van der Waals surface area (Å²) in [6.07, 6.45) is 4.24. The third kappa shape index (κ3) is 4.21. The summed E-state index contributed by atoms with van der Waals surface area (Å²) >= 11 is 0. The van der Waals surface area contributed by atoms with Crippen molar-refractivity contribution in [2.24, 2.45) is 11.3 Å². The number of piperidine rings is 2. The van der Waals surface area contributed by atoms with Crippen LogP contribution in [-0.2, 0) is 4.79 Å². The van der Waals surface area contributed by atoms with Gasteiger partial charge in [-0.25, -0.2) is 0 Å². The summed E-state index contributed by atoms with van der Waals surface area (Å²) in [4.78, 5) is 29.7. The number of furan rings is 1. The van der Waals surface area contributed by atoms with Gasteiger partial charge in [0.25, 0.3) is 5.91 Å². The molecule has 150 valence electrons. The Bertz CT molecular complexity index is 674. The van der Waals surface area contributed by atoms with Crippen LogP contribution in [0.2, 0.25) is 0 Å². The van der Waals surface area contributed by atoms with Crippen LogP contribution in [0.5, 0.6) is 0 Å². The molecule has 27 heavy (non-hydrogen) atoms. The van der Waals surface area contributed by atoms with Gasteiger partial charge in [-0.1, -0.05) is 13.8 Å². The highest BCUT2D eigenvalue weighted by Crippen LogP contribution is 2.44. The van der Waals surface area contributed by atoms with Crippen molar-refractivity contribution >= 4 is 11.8 Å². The minimum Gasteiger partial charge on any atom is -0.456 e. The van der Waals surface area contributed by atoms with Crippen molar-refractivity contribution in [3.63, 3.8) is 0 Å². The van der Waals surface area contributed by atoms with Crippen molar-refractivity contribution in [2.75, 3.05) is 33.2 Å². The van der Waals surface area contributed by atoms with Crippen molar-refractivity contribution in [3.05, 3.63) is 23.7 Å². The highest BCUT2D eigenvalue weighted by Gasteiger charge is 2.47. The van der Waals surface area contributed by atoms with Gasteiger partial charge in [-0.2, -0.15) is 0 Å². The minimum absolute atomic E-state index is 0.0144. The molecule has 0 saturated carbocycles. The number of aryl methyl sites for hydroxylation is 1. The average Bonchev–Trinajstić information content (AvgIpc) is 3.08. The maximum absolute atomic E-state index is 13.2. The first-order valence-corrected chi connectivity index (χ1v) is 10.2. The second-order valence-electron chi connectivity index (χ2n) is 8.59. The van der Waals surface area contributed by atoms with Gasteiger partial charge in [0.05, 0.1) is 6.04 Å². The number of nitrogens with zero attached hydrogens (tertiary/aromatic N) is 2. The monoisotopic (exact) mass is 375 g/mol. The maximum atomic E-state index is 13.2. The first-order valence-electron chi connectivity index (χ1n) is 10.2. The molecule has 3 heterocycles. The number of carbonyl (C=O) groups excluding carboxylic acids is 2. The van der Waals surface area contributed by atoms with E-state index < -0.39 is 0 Å². The Labute approximate surface area is 162 Å². The Morgan fingerprint density at radius 1 is 1.22 bits per heavy atom. The molecular formula is C21H33N3O3. The molecule has 1 aromatic rings. The second kappa shape index (κ2) is 8.05. The Balaban J connectivity index is 1.85. The van der Waals surface area contributed by atoms with Crippen LogP contribution in [-0.4, -0.2) is 60.9 Å². The number of nitrogens with one attached hydrogen (secondary N) is 1. The molecule has 2 aliphatic rings. The fraction of sp³-hybridized carbons (Fsp3) is 0.714. The van der Waals surface area contributed by atoms with Gasteiger partial charge in [-0.3, -0.25) is 9.59 Å².